The summed E-state index contributed by atoms with van der Waals surface area (Å²) in [4.78, 5) is 11.2. The van der Waals surface area contributed by atoms with E-state index in [2.05, 4.69) is 14.9 Å². The van der Waals surface area contributed by atoms with Crippen molar-refractivity contribution in [2.24, 2.45) is 5.73 Å². The maximum atomic E-state index is 11.2. The number of fused-ring (bicyclic) bond motifs is 1. The Bertz CT molecular complexity index is 548. The number of nitrogens with zero attached hydrogens (tertiary/aromatic N) is 1. The molecule has 0 unspecified atom stereocenters. The molecule has 17 heavy (non-hydrogen) atoms. The summed E-state index contributed by atoms with van der Waals surface area (Å²) in [6.45, 7) is 1.99. The number of methoxy groups -OCH3 is 1. The first-order chi connectivity index (χ1) is 8.11. The lowest BCUT2D eigenvalue weighted by molar-refractivity contribution is -0.142. The minimum atomic E-state index is -0.622. The number of H-pyrrole nitrogens is 1. The molecule has 0 spiro atoms. The quantitative estimate of drug-likeness (QED) is 0.772. The Labute approximate surface area is 98.9 Å². The first-order valence-electron chi connectivity index (χ1n) is 5.38. The lowest BCUT2D eigenvalue weighted by Gasteiger charge is -2.10. The number of esters is 1. The van der Waals surface area contributed by atoms with Crippen LogP contribution in [0.1, 0.15) is 11.1 Å². The summed E-state index contributed by atoms with van der Waals surface area (Å²) in [6, 6.07) is 3.36. The predicted molar refractivity (Wildman–Crippen MR) is 64.5 cm³/mol. The van der Waals surface area contributed by atoms with Crippen molar-refractivity contribution in [1.82, 2.24) is 10.2 Å². The van der Waals surface area contributed by atoms with Crippen molar-refractivity contribution in [1.29, 1.82) is 0 Å². The topological polar surface area (TPSA) is 81.0 Å². The summed E-state index contributed by atoms with van der Waals surface area (Å²) in [7, 11) is 1.34. The molecule has 1 atom stereocenters. The molecular weight excluding hydrogens is 218 g/mol. The van der Waals surface area contributed by atoms with Gasteiger partial charge in [-0.2, -0.15) is 5.10 Å². The third-order valence-corrected chi connectivity index (χ3v) is 2.77. The lowest BCUT2D eigenvalue weighted by Crippen LogP contribution is -2.33. The van der Waals surface area contributed by atoms with Crippen LogP contribution in [0.5, 0.6) is 0 Å². The summed E-state index contributed by atoms with van der Waals surface area (Å²) in [5, 5.41) is 7.94. The highest BCUT2D eigenvalue weighted by Gasteiger charge is 2.15. The first-order valence-corrected chi connectivity index (χ1v) is 5.38. The highest BCUT2D eigenvalue weighted by molar-refractivity contribution is 5.82. The molecule has 1 aromatic carbocycles. The zero-order valence-electron chi connectivity index (χ0n) is 9.86. The number of ether oxygens (including phenoxy) is 1. The van der Waals surface area contributed by atoms with Gasteiger partial charge < -0.3 is 10.5 Å². The summed E-state index contributed by atoms with van der Waals surface area (Å²) < 4.78 is 4.60. The van der Waals surface area contributed by atoms with E-state index in [-0.39, 0.29) is 0 Å². The number of hydrogen-bond donors (Lipinski definition) is 2. The van der Waals surface area contributed by atoms with Gasteiger partial charge in [-0.3, -0.25) is 9.89 Å². The van der Waals surface area contributed by atoms with Gasteiger partial charge in [0.1, 0.15) is 6.04 Å². The number of aromatic nitrogens is 2. The highest BCUT2D eigenvalue weighted by atomic mass is 16.5. The predicted octanol–water partition coefficient (Wildman–Crippen LogP) is 0.914. The zero-order valence-corrected chi connectivity index (χ0v) is 9.86. The molecule has 2 rings (SSSR count). The summed E-state index contributed by atoms with van der Waals surface area (Å²) in [5.74, 6) is -0.394. The van der Waals surface area contributed by atoms with E-state index in [9.17, 15) is 4.79 Å². The second kappa shape index (κ2) is 4.55. The third-order valence-electron chi connectivity index (χ3n) is 2.77. The number of carbonyl (C=O) groups excluding carboxylic acids is 1. The van der Waals surface area contributed by atoms with Crippen LogP contribution in [-0.4, -0.2) is 29.3 Å². The molecule has 0 aliphatic heterocycles. The molecule has 2 aromatic rings. The van der Waals surface area contributed by atoms with Gasteiger partial charge in [-0.1, -0.05) is 6.07 Å². The second-order valence-corrected chi connectivity index (χ2v) is 4.08. The van der Waals surface area contributed by atoms with Crippen LogP contribution in [0, 0.1) is 6.92 Å². The molecule has 0 aliphatic carbocycles. The van der Waals surface area contributed by atoms with Gasteiger partial charge in [-0.15, -0.1) is 0 Å². The van der Waals surface area contributed by atoms with Gasteiger partial charge in [-0.05, 0) is 30.5 Å². The van der Waals surface area contributed by atoms with Crippen LogP contribution in [0.4, 0.5) is 0 Å². The Morgan fingerprint density at radius 1 is 1.59 bits per heavy atom. The molecule has 0 amide bonds. The average molecular weight is 233 g/mol. The Kier molecular flexibility index (Phi) is 3.10. The van der Waals surface area contributed by atoms with E-state index >= 15 is 0 Å². The number of hydrogen-bond acceptors (Lipinski definition) is 4. The number of rotatable bonds is 3. The Hall–Kier alpha value is -1.88. The fraction of sp³-hybridized carbons (Fsp3) is 0.333. The molecule has 0 radical (unpaired) electrons. The molecule has 1 aromatic heterocycles. The van der Waals surface area contributed by atoms with Crippen LogP contribution in [-0.2, 0) is 16.0 Å². The minimum Gasteiger partial charge on any atom is -0.468 e. The van der Waals surface area contributed by atoms with Crippen molar-refractivity contribution in [3.63, 3.8) is 0 Å². The van der Waals surface area contributed by atoms with Crippen molar-refractivity contribution in [2.75, 3.05) is 7.11 Å². The molecular formula is C12H15N3O2. The fourth-order valence-electron chi connectivity index (χ4n) is 1.92. The second-order valence-electron chi connectivity index (χ2n) is 4.08. The maximum Gasteiger partial charge on any atom is 0.322 e. The summed E-state index contributed by atoms with van der Waals surface area (Å²) >= 11 is 0. The average Bonchev–Trinajstić information content (AvgIpc) is 2.76. The van der Waals surface area contributed by atoms with Crippen LogP contribution in [0.15, 0.2) is 18.3 Å². The molecule has 0 aliphatic rings. The molecule has 0 saturated heterocycles. The van der Waals surface area contributed by atoms with E-state index in [0.717, 1.165) is 22.0 Å². The first kappa shape index (κ1) is 11.6. The largest absolute Gasteiger partial charge is 0.468 e. The Morgan fingerprint density at radius 2 is 2.35 bits per heavy atom. The maximum absolute atomic E-state index is 11.2. The van der Waals surface area contributed by atoms with Crippen LogP contribution in [0.25, 0.3) is 10.9 Å². The van der Waals surface area contributed by atoms with E-state index < -0.39 is 12.0 Å². The Morgan fingerprint density at radius 3 is 3.06 bits per heavy atom. The van der Waals surface area contributed by atoms with Crippen LogP contribution < -0.4 is 5.73 Å². The van der Waals surface area contributed by atoms with Gasteiger partial charge in [0.15, 0.2) is 0 Å². The molecule has 90 valence electrons. The zero-order chi connectivity index (χ0) is 12.4. The van der Waals surface area contributed by atoms with Gasteiger partial charge in [0.25, 0.3) is 0 Å². The third kappa shape index (κ3) is 2.29. The van der Waals surface area contributed by atoms with Crippen molar-refractivity contribution >= 4 is 16.9 Å². The van der Waals surface area contributed by atoms with Gasteiger partial charge in [0.2, 0.25) is 0 Å². The molecule has 0 fully saturated rings. The molecule has 0 bridgehead atoms. The monoisotopic (exact) mass is 233 g/mol. The normalized spacial score (nSPS) is 12.6. The number of carbonyl (C=O) groups is 1. The molecule has 1 heterocycles. The van der Waals surface area contributed by atoms with Crippen molar-refractivity contribution in [3.8, 4) is 0 Å². The van der Waals surface area contributed by atoms with Crippen molar-refractivity contribution in [2.45, 2.75) is 19.4 Å². The molecule has 5 nitrogen and oxygen atoms in total. The van der Waals surface area contributed by atoms with E-state index in [4.69, 9.17) is 5.73 Å². The van der Waals surface area contributed by atoms with Crippen LogP contribution in [0.2, 0.25) is 0 Å². The summed E-state index contributed by atoms with van der Waals surface area (Å²) in [5.41, 5.74) is 8.84. The van der Waals surface area contributed by atoms with E-state index in [0.29, 0.717) is 6.42 Å². The number of nitrogens with one attached hydrogen (secondary N) is 1. The minimum absolute atomic E-state index is 0.394. The van der Waals surface area contributed by atoms with E-state index in [1.165, 1.54) is 7.11 Å². The summed E-state index contributed by atoms with van der Waals surface area (Å²) in [6.07, 6.45) is 2.23. The smallest absolute Gasteiger partial charge is 0.322 e. The van der Waals surface area contributed by atoms with E-state index in [1.807, 2.05) is 19.1 Å². The number of aromatic amines is 1. The fourth-order valence-corrected chi connectivity index (χ4v) is 1.92. The molecule has 5 heteroatoms. The number of aryl methyl sites for hydroxylation is 1. The van der Waals surface area contributed by atoms with Gasteiger partial charge in [0.05, 0.1) is 18.8 Å². The molecule has 0 saturated carbocycles. The lowest BCUT2D eigenvalue weighted by atomic mass is 10.0. The van der Waals surface area contributed by atoms with Crippen molar-refractivity contribution < 1.29 is 9.53 Å². The standard InChI is InChI=1S/C12H15N3O2/c1-7-3-8(5-10(13)12(16)17-2)4-9-6-14-15-11(7)9/h3-4,6,10H,5,13H2,1-2H3,(H,14,15)/t10-/m1/s1. The SMILES string of the molecule is COC(=O)[C@H](N)Cc1cc(C)c2[nH]ncc2c1. The van der Waals surface area contributed by atoms with Crippen LogP contribution >= 0.6 is 0 Å². The Balaban J connectivity index is 2.27. The molecule has 3 N–H and O–H groups in total. The highest BCUT2D eigenvalue weighted by Crippen LogP contribution is 2.18. The van der Waals surface area contributed by atoms with Gasteiger partial charge >= 0.3 is 5.97 Å². The van der Waals surface area contributed by atoms with Gasteiger partial charge in [-0.25, -0.2) is 0 Å². The van der Waals surface area contributed by atoms with E-state index in [1.54, 1.807) is 6.20 Å². The van der Waals surface area contributed by atoms with Crippen LogP contribution in [0.3, 0.4) is 0 Å². The van der Waals surface area contributed by atoms with Crippen molar-refractivity contribution in [3.05, 3.63) is 29.5 Å². The van der Waals surface area contributed by atoms with Gasteiger partial charge in [0, 0.05) is 5.39 Å². The number of nitrogens with two attached hydrogens (primary N) is 1. The number of benzene rings is 1.